The molecule has 0 saturated carbocycles. The highest BCUT2D eigenvalue weighted by Gasteiger charge is 2.14. The first-order chi connectivity index (χ1) is 7.56. The highest BCUT2D eigenvalue weighted by Crippen LogP contribution is 2.10. The van der Waals surface area contributed by atoms with Gasteiger partial charge in [0.25, 0.3) is 0 Å². The number of rotatable bonds is 9. The lowest BCUT2D eigenvalue weighted by Gasteiger charge is -2.32. The SMILES string of the molecule is CCN(CC)CCCC(C)N(CC)C(C)C. The Bertz CT molecular complexity index is 153. The molecule has 0 aliphatic rings. The second-order valence-electron chi connectivity index (χ2n) is 4.94. The van der Waals surface area contributed by atoms with Gasteiger partial charge in [-0.2, -0.15) is 0 Å². The van der Waals surface area contributed by atoms with Gasteiger partial charge in [-0.25, -0.2) is 0 Å². The maximum atomic E-state index is 2.59. The fraction of sp³-hybridized carbons (Fsp3) is 1.00. The summed E-state index contributed by atoms with van der Waals surface area (Å²) < 4.78 is 0. The van der Waals surface area contributed by atoms with Crippen molar-refractivity contribution in [1.29, 1.82) is 0 Å². The Hall–Kier alpha value is -0.0800. The average Bonchev–Trinajstić information content (AvgIpc) is 2.25. The number of hydrogen-bond acceptors (Lipinski definition) is 2. The minimum atomic E-state index is 0.674. The van der Waals surface area contributed by atoms with Crippen molar-refractivity contribution in [2.45, 2.75) is 66.5 Å². The van der Waals surface area contributed by atoms with Crippen LogP contribution in [0, 0.1) is 0 Å². The highest BCUT2D eigenvalue weighted by atomic mass is 15.2. The Kier molecular flexibility index (Phi) is 8.96. The van der Waals surface area contributed by atoms with Gasteiger partial charge in [0.05, 0.1) is 0 Å². The zero-order valence-corrected chi connectivity index (χ0v) is 12.3. The molecular weight excluding hydrogens is 196 g/mol. The fourth-order valence-electron chi connectivity index (χ4n) is 2.50. The van der Waals surface area contributed by atoms with Gasteiger partial charge in [0.2, 0.25) is 0 Å². The van der Waals surface area contributed by atoms with Crippen LogP contribution in [0.2, 0.25) is 0 Å². The Labute approximate surface area is 103 Å². The first-order valence-corrected chi connectivity index (χ1v) is 7.04. The summed E-state index contributed by atoms with van der Waals surface area (Å²) in [7, 11) is 0. The van der Waals surface area contributed by atoms with E-state index in [4.69, 9.17) is 0 Å². The van der Waals surface area contributed by atoms with E-state index in [1.54, 1.807) is 0 Å². The lowest BCUT2D eigenvalue weighted by molar-refractivity contribution is 0.158. The molecule has 98 valence electrons. The summed E-state index contributed by atoms with van der Waals surface area (Å²) in [6.07, 6.45) is 2.65. The van der Waals surface area contributed by atoms with Crippen LogP contribution in [0.1, 0.15) is 54.4 Å². The molecule has 0 aromatic rings. The predicted octanol–water partition coefficient (Wildman–Crippen LogP) is 3.23. The monoisotopic (exact) mass is 228 g/mol. The molecule has 2 heteroatoms. The molecule has 0 bridgehead atoms. The summed E-state index contributed by atoms with van der Waals surface area (Å²) >= 11 is 0. The largest absolute Gasteiger partial charge is 0.304 e. The summed E-state index contributed by atoms with van der Waals surface area (Å²) in [6, 6.07) is 1.40. The molecule has 0 aromatic carbocycles. The van der Waals surface area contributed by atoms with Crippen LogP contribution in [-0.4, -0.2) is 48.1 Å². The molecule has 0 aromatic heterocycles. The minimum Gasteiger partial charge on any atom is -0.304 e. The van der Waals surface area contributed by atoms with Gasteiger partial charge >= 0.3 is 0 Å². The van der Waals surface area contributed by atoms with E-state index in [-0.39, 0.29) is 0 Å². The first-order valence-electron chi connectivity index (χ1n) is 7.04. The zero-order valence-electron chi connectivity index (χ0n) is 12.3. The van der Waals surface area contributed by atoms with Crippen LogP contribution in [0.3, 0.4) is 0 Å². The predicted molar refractivity (Wildman–Crippen MR) is 74.0 cm³/mol. The minimum absolute atomic E-state index is 0.674. The third-order valence-corrected chi connectivity index (χ3v) is 3.59. The summed E-state index contributed by atoms with van der Waals surface area (Å²) in [5.41, 5.74) is 0. The van der Waals surface area contributed by atoms with E-state index < -0.39 is 0 Å². The van der Waals surface area contributed by atoms with Crippen molar-refractivity contribution in [3.8, 4) is 0 Å². The molecule has 2 nitrogen and oxygen atoms in total. The highest BCUT2D eigenvalue weighted by molar-refractivity contribution is 4.70. The third kappa shape index (κ3) is 5.86. The van der Waals surface area contributed by atoms with Gasteiger partial charge < -0.3 is 4.90 Å². The van der Waals surface area contributed by atoms with Crippen LogP contribution >= 0.6 is 0 Å². The molecule has 0 amide bonds. The maximum Gasteiger partial charge on any atom is 0.00699 e. The van der Waals surface area contributed by atoms with Crippen molar-refractivity contribution in [1.82, 2.24) is 9.80 Å². The van der Waals surface area contributed by atoms with Gasteiger partial charge in [-0.15, -0.1) is 0 Å². The van der Waals surface area contributed by atoms with Gasteiger partial charge in [-0.3, -0.25) is 4.90 Å². The molecule has 16 heavy (non-hydrogen) atoms. The van der Waals surface area contributed by atoms with Gasteiger partial charge in [0.1, 0.15) is 0 Å². The van der Waals surface area contributed by atoms with Gasteiger partial charge in [-0.05, 0) is 59.8 Å². The van der Waals surface area contributed by atoms with Gasteiger partial charge in [0, 0.05) is 12.1 Å². The molecule has 0 heterocycles. The molecule has 1 atom stereocenters. The molecule has 0 radical (unpaired) electrons. The first kappa shape index (κ1) is 15.9. The molecule has 0 N–H and O–H groups in total. The maximum absolute atomic E-state index is 2.59. The second kappa shape index (κ2) is 9.00. The van der Waals surface area contributed by atoms with Crippen LogP contribution in [0.25, 0.3) is 0 Å². The van der Waals surface area contributed by atoms with Crippen molar-refractivity contribution in [3.05, 3.63) is 0 Å². The molecule has 0 spiro atoms. The van der Waals surface area contributed by atoms with E-state index in [1.165, 1.54) is 39.0 Å². The lowest BCUT2D eigenvalue weighted by atomic mass is 10.1. The van der Waals surface area contributed by atoms with Crippen LogP contribution < -0.4 is 0 Å². The standard InChI is InChI=1S/C14H32N2/c1-7-15(8-2)12-10-11-14(6)16(9-3)13(4)5/h13-14H,7-12H2,1-6H3. The van der Waals surface area contributed by atoms with Crippen LogP contribution in [-0.2, 0) is 0 Å². The van der Waals surface area contributed by atoms with Crippen LogP contribution in [0.15, 0.2) is 0 Å². The second-order valence-corrected chi connectivity index (χ2v) is 4.94. The molecule has 0 fully saturated rings. The molecule has 1 unspecified atom stereocenters. The molecule has 0 saturated heterocycles. The molecule has 0 aliphatic carbocycles. The van der Waals surface area contributed by atoms with Crippen molar-refractivity contribution >= 4 is 0 Å². The smallest absolute Gasteiger partial charge is 0.00699 e. The number of nitrogens with zero attached hydrogens (tertiary/aromatic N) is 2. The Morgan fingerprint density at radius 1 is 0.875 bits per heavy atom. The van der Waals surface area contributed by atoms with Crippen LogP contribution in [0.4, 0.5) is 0 Å². The van der Waals surface area contributed by atoms with E-state index in [9.17, 15) is 0 Å². The quantitative estimate of drug-likeness (QED) is 0.598. The van der Waals surface area contributed by atoms with Crippen molar-refractivity contribution in [3.63, 3.8) is 0 Å². The molecule has 0 rings (SSSR count). The molecular formula is C14H32N2. The van der Waals surface area contributed by atoms with E-state index >= 15 is 0 Å². The lowest BCUT2D eigenvalue weighted by Crippen LogP contribution is -2.39. The Morgan fingerprint density at radius 2 is 1.44 bits per heavy atom. The third-order valence-electron chi connectivity index (χ3n) is 3.59. The van der Waals surface area contributed by atoms with Crippen LogP contribution in [0.5, 0.6) is 0 Å². The van der Waals surface area contributed by atoms with Crippen molar-refractivity contribution in [2.75, 3.05) is 26.2 Å². The normalized spacial score (nSPS) is 14.1. The van der Waals surface area contributed by atoms with E-state index in [0.29, 0.717) is 6.04 Å². The topological polar surface area (TPSA) is 6.48 Å². The van der Waals surface area contributed by atoms with E-state index in [2.05, 4.69) is 51.3 Å². The van der Waals surface area contributed by atoms with Crippen molar-refractivity contribution < 1.29 is 0 Å². The van der Waals surface area contributed by atoms with Gasteiger partial charge in [-0.1, -0.05) is 20.8 Å². The summed E-state index contributed by atoms with van der Waals surface area (Å²) in [4.78, 5) is 5.10. The Balaban J connectivity index is 3.82. The summed E-state index contributed by atoms with van der Waals surface area (Å²) in [5, 5.41) is 0. The average molecular weight is 228 g/mol. The Morgan fingerprint density at radius 3 is 1.81 bits per heavy atom. The fourth-order valence-corrected chi connectivity index (χ4v) is 2.50. The van der Waals surface area contributed by atoms with Gasteiger partial charge in [0.15, 0.2) is 0 Å². The zero-order chi connectivity index (χ0) is 12.6. The summed E-state index contributed by atoms with van der Waals surface area (Å²) in [5.74, 6) is 0. The summed E-state index contributed by atoms with van der Waals surface area (Å²) in [6.45, 7) is 18.5. The number of hydrogen-bond donors (Lipinski definition) is 0. The van der Waals surface area contributed by atoms with E-state index in [1.807, 2.05) is 0 Å². The van der Waals surface area contributed by atoms with Crippen molar-refractivity contribution in [2.24, 2.45) is 0 Å². The van der Waals surface area contributed by atoms with E-state index in [0.717, 1.165) is 6.04 Å². The molecule has 0 aliphatic heterocycles.